The van der Waals surface area contributed by atoms with E-state index >= 15 is 0 Å². The van der Waals surface area contributed by atoms with Crippen LogP contribution in [-0.4, -0.2) is 40.0 Å². The Hall–Kier alpha value is -2.15. The van der Waals surface area contributed by atoms with Crippen molar-refractivity contribution >= 4 is 16.7 Å². The number of rotatable bonds is 3. The summed E-state index contributed by atoms with van der Waals surface area (Å²) < 4.78 is 0. The van der Waals surface area contributed by atoms with Crippen molar-refractivity contribution in [3.63, 3.8) is 0 Å². The zero-order chi connectivity index (χ0) is 15.5. The van der Waals surface area contributed by atoms with Gasteiger partial charge >= 0.3 is 0 Å². The van der Waals surface area contributed by atoms with Gasteiger partial charge in [-0.05, 0) is 24.3 Å². The van der Waals surface area contributed by atoms with Crippen molar-refractivity contribution in [3.8, 4) is 5.75 Å². The van der Waals surface area contributed by atoms with Gasteiger partial charge < -0.3 is 9.94 Å². The van der Waals surface area contributed by atoms with Crippen LogP contribution in [0.5, 0.6) is 5.75 Å². The van der Waals surface area contributed by atoms with Gasteiger partial charge in [0, 0.05) is 5.39 Å². The summed E-state index contributed by atoms with van der Waals surface area (Å²) >= 11 is 0. The third-order valence-electron chi connectivity index (χ3n) is 3.89. The van der Waals surface area contributed by atoms with E-state index in [1.165, 1.54) is 5.06 Å². The molecule has 0 radical (unpaired) electrons. The van der Waals surface area contributed by atoms with E-state index in [1.54, 1.807) is 5.48 Å². The molecule has 2 aromatic carbocycles. The number of hydroxylamine groups is 3. The fourth-order valence-electron chi connectivity index (χ4n) is 2.76. The molecule has 1 heterocycles. The second kappa shape index (κ2) is 6.31. The molecular formula is C16H18N2O4. The first-order valence-electron chi connectivity index (χ1n) is 7.23. The number of benzene rings is 2. The maximum absolute atomic E-state index is 11.8. The molecule has 6 nitrogen and oxygen atoms in total. The molecule has 1 fully saturated rings. The number of fused-ring (bicyclic) bond motifs is 1. The van der Waals surface area contributed by atoms with E-state index in [2.05, 4.69) is 0 Å². The molecular weight excluding hydrogens is 284 g/mol. The van der Waals surface area contributed by atoms with Crippen molar-refractivity contribution in [1.29, 1.82) is 0 Å². The number of piperidine rings is 1. The molecule has 0 spiro atoms. The largest absolute Gasteiger partial charge is 0.404 e. The van der Waals surface area contributed by atoms with Crippen molar-refractivity contribution < 1.29 is 19.9 Å². The summed E-state index contributed by atoms with van der Waals surface area (Å²) in [5.41, 5.74) is 1.66. The van der Waals surface area contributed by atoms with Gasteiger partial charge in [-0.15, -0.1) is 5.06 Å². The Balaban J connectivity index is 1.89. The summed E-state index contributed by atoms with van der Waals surface area (Å²) in [5, 5.41) is 22.1. The van der Waals surface area contributed by atoms with Gasteiger partial charge in [0.05, 0.1) is 12.6 Å². The average molecular weight is 302 g/mol. The van der Waals surface area contributed by atoms with Crippen molar-refractivity contribution in [3.05, 3.63) is 42.5 Å². The SMILES string of the molecule is O=C(NO)[C@H]1CC[C@@H](O)CN1Oc1cccc2ccccc12. The number of aliphatic hydroxyl groups is 1. The van der Waals surface area contributed by atoms with Crippen molar-refractivity contribution in [2.75, 3.05) is 6.54 Å². The molecule has 0 saturated carbocycles. The highest BCUT2D eigenvalue weighted by Crippen LogP contribution is 2.28. The van der Waals surface area contributed by atoms with Crippen LogP contribution in [0.3, 0.4) is 0 Å². The third-order valence-corrected chi connectivity index (χ3v) is 3.89. The molecule has 0 aromatic heterocycles. The molecule has 3 rings (SSSR count). The van der Waals surface area contributed by atoms with Crippen molar-refractivity contribution in [2.24, 2.45) is 0 Å². The fraction of sp³-hybridized carbons (Fsp3) is 0.312. The van der Waals surface area contributed by atoms with E-state index < -0.39 is 18.1 Å². The highest BCUT2D eigenvalue weighted by molar-refractivity contribution is 5.88. The Morgan fingerprint density at radius 3 is 2.77 bits per heavy atom. The van der Waals surface area contributed by atoms with Crippen LogP contribution in [0.2, 0.25) is 0 Å². The number of carbonyl (C=O) groups excluding carboxylic acids is 1. The number of nitrogens with zero attached hydrogens (tertiary/aromatic N) is 1. The highest BCUT2D eigenvalue weighted by Gasteiger charge is 2.34. The van der Waals surface area contributed by atoms with Gasteiger partial charge in [-0.25, -0.2) is 5.48 Å². The van der Waals surface area contributed by atoms with E-state index in [4.69, 9.17) is 10.0 Å². The lowest BCUT2D eigenvalue weighted by Crippen LogP contribution is -2.53. The Labute approximate surface area is 127 Å². The van der Waals surface area contributed by atoms with E-state index in [9.17, 15) is 9.90 Å². The standard InChI is InChI=1S/C16H18N2O4/c19-12-8-9-14(16(20)17-21)18(10-12)22-15-7-3-5-11-4-1-2-6-13(11)15/h1-7,12,14,19,21H,8-10H2,(H,17,20)/t12-,14-/m1/s1. The summed E-state index contributed by atoms with van der Waals surface area (Å²) in [5.74, 6) is 0.0788. The zero-order valence-corrected chi connectivity index (χ0v) is 12.0. The molecule has 116 valence electrons. The first kappa shape index (κ1) is 14.8. The summed E-state index contributed by atoms with van der Waals surface area (Å²) in [6.45, 7) is 0.210. The third kappa shape index (κ3) is 2.89. The maximum atomic E-state index is 11.8. The molecule has 0 bridgehead atoms. The molecule has 22 heavy (non-hydrogen) atoms. The van der Waals surface area contributed by atoms with Gasteiger partial charge in [-0.2, -0.15) is 0 Å². The Bertz CT molecular complexity index is 671. The zero-order valence-electron chi connectivity index (χ0n) is 12.0. The second-order valence-corrected chi connectivity index (χ2v) is 5.39. The van der Waals surface area contributed by atoms with Crippen LogP contribution in [-0.2, 0) is 4.79 Å². The van der Waals surface area contributed by atoms with Crippen LogP contribution in [0.15, 0.2) is 42.5 Å². The molecule has 0 unspecified atom stereocenters. The number of aliphatic hydroxyl groups excluding tert-OH is 1. The quantitative estimate of drug-likeness (QED) is 0.591. The molecule has 1 saturated heterocycles. The van der Waals surface area contributed by atoms with Crippen LogP contribution >= 0.6 is 0 Å². The van der Waals surface area contributed by atoms with E-state index in [0.717, 1.165) is 10.8 Å². The summed E-state index contributed by atoms with van der Waals surface area (Å²) in [4.78, 5) is 17.6. The van der Waals surface area contributed by atoms with Gasteiger partial charge in [0.25, 0.3) is 5.91 Å². The monoisotopic (exact) mass is 302 g/mol. The smallest absolute Gasteiger partial charge is 0.264 e. The van der Waals surface area contributed by atoms with Crippen LogP contribution in [0.1, 0.15) is 12.8 Å². The average Bonchev–Trinajstić information content (AvgIpc) is 2.55. The minimum absolute atomic E-state index is 0.210. The number of β-amino-alcohol motifs (C(OH)–C–C–N with tert-alkyl or cyclic N) is 1. The number of hydrogen-bond donors (Lipinski definition) is 3. The van der Waals surface area contributed by atoms with E-state index in [1.807, 2.05) is 42.5 Å². The molecule has 2 aromatic rings. The first-order chi connectivity index (χ1) is 10.7. The molecule has 6 heteroatoms. The van der Waals surface area contributed by atoms with Crippen LogP contribution < -0.4 is 10.3 Å². The summed E-state index contributed by atoms with van der Waals surface area (Å²) in [7, 11) is 0. The maximum Gasteiger partial charge on any atom is 0.264 e. The fourth-order valence-corrected chi connectivity index (χ4v) is 2.76. The lowest BCUT2D eigenvalue weighted by Gasteiger charge is -2.35. The lowest BCUT2D eigenvalue weighted by molar-refractivity contribution is -0.167. The molecule has 0 aliphatic carbocycles. The Morgan fingerprint density at radius 1 is 1.18 bits per heavy atom. The number of nitrogens with one attached hydrogen (secondary N) is 1. The topological polar surface area (TPSA) is 82.0 Å². The van der Waals surface area contributed by atoms with Crippen molar-refractivity contribution in [1.82, 2.24) is 10.5 Å². The summed E-state index contributed by atoms with van der Waals surface area (Å²) in [6, 6.07) is 12.8. The molecule has 1 aliphatic heterocycles. The number of hydrogen-bond acceptors (Lipinski definition) is 5. The van der Waals surface area contributed by atoms with Gasteiger partial charge in [-0.3, -0.25) is 10.0 Å². The normalized spacial score (nSPS) is 22.5. The van der Waals surface area contributed by atoms with Gasteiger partial charge in [0.2, 0.25) is 0 Å². The van der Waals surface area contributed by atoms with Gasteiger partial charge in [0.15, 0.2) is 5.75 Å². The molecule has 2 atom stereocenters. The Kier molecular flexibility index (Phi) is 4.24. The second-order valence-electron chi connectivity index (χ2n) is 5.39. The van der Waals surface area contributed by atoms with Crippen LogP contribution in [0.25, 0.3) is 10.8 Å². The highest BCUT2D eigenvalue weighted by atomic mass is 16.7. The van der Waals surface area contributed by atoms with Gasteiger partial charge in [-0.1, -0.05) is 36.4 Å². The molecule has 1 aliphatic rings. The van der Waals surface area contributed by atoms with Crippen LogP contribution in [0.4, 0.5) is 0 Å². The number of amides is 1. The predicted molar refractivity (Wildman–Crippen MR) is 80.2 cm³/mol. The van der Waals surface area contributed by atoms with E-state index in [-0.39, 0.29) is 6.54 Å². The molecule has 3 N–H and O–H groups in total. The predicted octanol–water partition coefficient (Wildman–Crippen LogP) is 1.46. The molecule has 1 amide bonds. The first-order valence-corrected chi connectivity index (χ1v) is 7.23. The van der Waals surface area contributed by atoms with Crippen molar-refractivity contribution in [2.45, 2.75) is 25.0 Å². The van der Waals surface area contributed by atoms with Crippen LogP contribution in [0, 0.1) is 0 Å². The lowest BCUT2D eigenvalue weighted by atomic mass is 10.0. The Morgan fingerprint density at radius 2 is 1.95 bits per heavy atom. The number of carbonyl (C=O) groups is 1. The van der Waals surface area contributed by atoms with E-state index in [0.29, 0.717) is 18.6 Å². The minimum atomic E-state index is -0.632. The minimum Gasteiger partial charge on any atom is -0.404 e. The van der Waals surface area contributed by atoms with Gasteiger partial charge in [0.1, 0.15) is 6.04 Å². The summed E-state index contributed by atoms with van der Waals surface area (Å²) in [6.07, 6.45) is 0.351.